The minimum absolute atomic E-state index is 0.808. The molecule has 0 aliphatic carbocycles. The van der Waals surface area contributed by atoms with Crippen LogP contribution in [0.5, 0.6) is 0 Å². The van der Waals surface area contributed by atoms with Crippen LogP contribution >= 0.6 is 27.7 Å². The molecule has 1 aliphatic rings. The Bertz CT molecular complexity index is 315. The Labute approximate surface area is 103 Å². The maximum Gasteiger partial charge on any atom is 0.0468 e. The van der Waals surface area contributed by atoms with Crippen LogP contribution in [0.15, 0.2) is 27.8 Å². The summed E-state index contributed by atoms with van der Waals surface area (Å²) >= 11 is 5.33. The molecule has 1 aliphatic heterocycles. The van der Waals surface area contributed by atoms with Crippen LogP contribution in [0, 0.1) is 5.92 Å². The quantitative estimate of drug-likeness (QED) is 0.796. The summed E-state index contributed by atoms with van der Waals surface area (Å²) in [5, 5.41) is 0. The summed E-state index contributed by atoms with van der Waals surface area (Å²) in [6, 6.07) is 2.12. The molecule has 2 heterocycles. The molecular weight excluding hydrogens is 274 g/mol. The fourth-order valence-corrected chi connectivity index (χ4v) is 3.22. The van der Waals surface area contributed by atoms with Crippen LogP contribution in [0.3, 0.4) is 0 Å². The number of halogens is 1. The smallest absolute Gasteiger partial charge is 0.0468 e. The van der Waals surface area contributed by atoms with Gasteiger partial charge in [0.15, 0.2) is 0 Å². The van der Waals surface area contributed by atoms with Gasteiger partial charge >= 0.3 is 0 Å². The maximum atomic E-state index is 5.34. The van der Waals surface area contributed by atoms with Gasteiger partial charge in [-0.3, -0.25) is 4.98 Å². The number of aromatic nitrogens is 1. The Morgan fingerprint density at radius 1 is 1.40 bits per heavy atom. The monoisotopic (exact) mass is 287 g/mol. The van der Waals surface area contributed by atoms with Crippen molar-refractivity contribution in [3.05, 3.63) is 22.9 Å². The first kappa shape index (κ1) is 11.4. The number of hydrogen-bond donors (Lipinski definition) is 0. The fourth-order valence-electron chi connectivity index (χ4n) is 1.60. The first-order chi connectivity index (χ1) is 7.34. The van der Waals surface area contributed by atoms with Crippen molar-refractivity contribution in [1.29, 1.82) is 0 Å². The zero-order chi connectivity index (χ0) is 10.5. The number of pyridine rings is 1. The Hall–Kier alpha value is -0.0600. The molecule has 0 unspecified atom stereocenters. The summed E-state index contributed by atoms with van der Waals surface area (Å²) in [6.45, 7) is 1.87. The van der Waals surface area contributed by atoms with Crippen LogP contribution in [0.2, 0.25) is 0 Å². The largest absolute Gasteiger partial charge is 0.381 e. The van der Waals surface area contributed by atoms with Gasteiger partial charge in [0.2, 0.25) is 0 Å². The first-order valence-electron chi connectivity index (χ1n) is 5.15. The van der Waals surface area contributed by atoms with Crippen molar-refractivity contribution in [2.45, 2.75) is 17.7 Å². The average Bonchev–Trinajstić information content (AvgIpc) is 2.28. The van der Waals surface area contributed by atoms with E-state index in [4.69, 9.17) is 4.74 Å². The first-order valence-corrected chi connectivity index (χ1v) is 6.93. The fraction of sp³-hybridized carbons (Fsp3) is 0.545. The van der Waals surface area contributed by atoms with Gasteiger partial charge in [0.1, 0.15) is 0 Å². The maximum absolute atomic E-state index is 5.34. The molecular formula is C11H14BrNOS. The number of thioether (sulfide) groups is 1. The van der Waals surface area contributed by atoms with E-state index in [1.165, 1.54) is 23.5 Å². The zero-order valence-corrected chi connectivity index (χ0v) is 10.9. The molecule has 1 fully saturated rings. The molecule has 15 heavy (non-hydrogen) atoms. The molecule has 2 rings (SSSR count). The van der Waals surface area contributed by atoms with Crippen molar-refractivity contribution in [3.8, 4) is 0 Å². The SMILES string of the molecule is Brc1cncc(SCC2CCOCC2)c1. The molecule has 0 atom stereocenters. The van der Waals surface area contributed by atoms with Gasteiger partial charge < -0.3 is 4.74 Å². The van der Waals surface area contributed by atoms with Crippen molar-refractivity contribution in [3.63, 3.8) is 0 Å². The molecule has 0 amide bonds. The highest BCUT2D eigenvalue weighted by Crippen LogP contribution is 2.26. The molecule has 1 aromatic heterocycles. The molecule has 2 nitrogen and oxygen atoms in total. The van der Waals surface area contributed by atoms with E-state index in [0.717, 1.165) is 23.6 Å². The van der Waals surface area contributed by atoms with Gasteiger partial charge in [0.05, 0.1) is 0 Å². The predicted molar refractivity (Wildman–Crippen MR) is 66.2 cm³/mol. The van der Waals surface area contributed by atoms with E-state index in [1.807, 2.05) is 24.2 Å². The molecule has 1 saturated heterocycles. The van der Waals surface area contributed by atoms with E-state index in [1.54, 1.807) is 0 Å². The van der Waals surface area contributed by atoms with Crippen LogP contribution in [-0.4, -0.2) is 24.0 Å². The Kier molecular flexibility index (Phi) is 4.47. The lowest BCUT2D eigenvalue weighted by Crippen LogP contribution is -2.17. The van der Waals surface area contributed by atoms with E-state index >= 15 is 0 Å². The lowest BCUT2D eigenvalue weighted by molar-refractivity contribution is 0.0728. The summed E-state index contributed by atoms with van der Waals surface area (Å²) in [6.07, 6.45) is 6.15. The zero-order valence-electron chi connectivity index (χ0n) is 8.49. The van der Waals surface area contributed by atoms with E-state index in [0.29, 0.717) is 0 Å². The third-order valence-corrected chi connectivity index (χ3v) is 4.13. The molecule has 0 saturated carbocycles. The van der Waals surface area contributed by atoms with Gasteiger partial charge in [-0.25, -0.2) is 0 Å². The molecule has 82 valence electrons. The summed E-state index contributed by atoms with van der Waals surface area (Å²) in [7, 11) is 0. The number of rotatable bonds is 3. The highest BCUT2D eigenvalue weighted by molar-refractivity contribution is 9.10. The van der Waals surface area contributed by atoms with E-state index in [2.05, 4.69) is 27.0 Å². The minimum atomic E-state index is 0.808. The molecule has 0 N–H and O–H groups in total. The Morgan fingerprint density at radius 2 is 2.20 bits per heavy atom. The van der Waals surface area contributed by atoms with Gasteiger partial charge in [-0.2, -0.15) is 0 Å². The highest BCUT2D eigenvalue weighted by atomic mass is 79.9. The van der Waals surface area contributed by atoms with Crippen LogP contribution in [-0.2, 0) is 4.74 Å². The van der Waals surface area contributed by atoms with Crippen molar-refractivity contribution in [1.82, 2.24) is 4.98 Å². The van der Waals surface area contributed by atoms with Crippen LogP contribution < -0.4 is 0 Å². The Morgan fingerprint density at radius 3 is 2.93 bits per heavy atom. The van der Waals surface area contributed by atoms with Gasteiger partial charge in [0.25, 0.3) is 0 Å². The average molecular weight is 288 g/mol. The van der Waals surface area contributed by atoms with Gasteiger partial charge in [-0.15, -0.1) is 11.8 Å². The third kappa shape index (κ3) is 3.78. The lowest BCUT2D eigenvalue weighted by Gasteiger charge is -2.21. The highest BCUT2D eigenvalue weighted by Gasteiger charge is 2.13. The van der Waals surface area contributed by atoms with Crippen molar-refractivity contribution < 1.29 is 4.74 Å². The number of hydrogen-bond acceptors (Lipinski definition) is 3. The summed E-state index contributed by atoms with van der Waals surface area (Å²) in [4.78, 5) is 5.40. The topological polar surface area (TPSA) is 22.1 Å². The van der Waals surface area contributed by atoms with Gasteiger partial charge in [-0.1, -0.05) is 0 Å². The van der Waals surface area contributed by atoms with E-state index in [9.17, 15) is 0 Å². The molecule has 1 aromatic rings. The second kappa shape index (κ2) is 5.87. The molecule has 0 aromatic carbocycles. The molecule has 0 radical (unpaired) electrons. The van der Waals surface area contributed by atoms with Gasteiger partial charge in [-0.05, 0) is 40.8 Å². The summed E-state index contributed by atoms with van der Waals surface area (Å²) < 4.78 is 6.40. The minimum Gasteiger partial charge on any atom is -0.381 e. The van der Waals surface area contributed by atoms with E-state index in [-0.39, 0.29) is 0 Å². The standard InChI is InChI=1S/C11H14BrNOS/c12-10-5-11(7-13-6-10)15-8-9-1-3-14-4-2-9/h5-7,9H,1-4,8H2. The lowest BCUT2D eigenvalue weighted by atomic mass is 10.0. The molecule has 0 spiro atoms. The number of nitrogens with zero attached hydrogens (tertiary/aromatic N) is 1. The van der Waals surface area contributed by atoms with Crippen molar-refractivity contribution in [2.24, 2.45) is 5.92 Å². The van der Waals surface area contributed by atoms with Crippen LogP contribution in [0.25, 0.3) is 0 Å². The summed E-state index contributed by atoms with van der Waals surface area (Å²) in [5.41, 5.74) is 0. The van der Waals surface area contributed by atoms with Crippen molar-refractivity contribution >= 4 is 27.7 Å². The molecule has 4 heteroatoms. The second-order valence-corrected chi connectivity index (χ2v) is 5.71. The van der Waals surface area contributed by atoms with Crippen LogP contribution in [0.1, 0.15) is 12.8 Å². The molecule has 0 bridgehead atoms. The normalized spacial score (nSPS) is 17.9. The van der Waals surface area contributed by atoms with Gasteiger partial charge in [0, 0.05) is 40.7 Å². The second-order valence-electron chi connectivity index (χ2n) is 3.71. The van der Waals surface area contributed by atoms with Crippen molar-refractivity contribution in [2.75, 3.05) is 19.0 Å². The third-order valence-electron chi connectivity index (χ3n) is 2.51. The van der Waals surface area contributed by atoms with E-state index < -0.39 is 0 Å². The van der Waals surface area contributed by atoms with Crippen LogP contribution in [0.4, 0.5) is 0 Å². The predicted octanol–water partition coefficient (Wildman–Crippen LogP) is 3.36. The Balaban J connectivity index is 1.81. The summed E-state index contributed by atoms with van der Waals surface area (Å²) in [5.74, 6) is 1.99. The number of ether oxygens (including phenoxy) is 1.